The van der Waals surface area contributed by atoms with Gasteiger partial charge in [-0.3, -0.25) is 9.59 Å². The molecule has 0 aliphatic carbocycles. The third kappa shape index (κ3) is 4.48. The van der Waals surface area contributed by atoms with Crippen LogP contribution in [0.3, 0.4) is 0 Å². The molecule has 0 saturated carbocycles. The molecule has 0 aliphatic rings. The second kappa shape index (κ2) is 7.53. The van der Waals surface area contributed by atoms with Crippen LogP contribution in [0.5, 0.6) is 0 Å². The van der Waals surface area contributed by atoms with Crippen molar-refractivity contribution in [1.29, 1.82) is 0 Å². The number of nitrogens with zero attached hydrogens (tertiary/aromatic N) is 1. The molecule has 3 rings (SSSR count). The number of carbonyl (C=O) groups is 2. The maximum Gasteiger partial charge on any atom is 0.323 e. The van der Waals surface area contributed by atoms with Crippen molar-refractivity contribution in [1.82, 2.24) is 4.57 Å². The third-order valence-corrected chi connectivity index (χ3v) is 5.04. The van der Waals surface area contributed by atoms with E-state index in [1.165, 1.54) is 9.75 Å². The highest BCUT2D eigenvalue weighted by Gasteiger charge is 2.08. The molecule has 25 heavy (non-hydrogen) atoms. The second-order valence-corrected chi connectivity index (χ2v) is 7.40. The molecule has 1 amide bonds. The van der Waals surface area contributed by atoms with Crippen molar-refractivity contribution in [3.63, 3.8) is 0 Å². The summed E-state index contributed by atoms with van der Waals surface area (Å²) in [7, 11) is 0. The van der Waals surface area contributed by atoms with Crippen LogP contribution in [0.4, 0.5) is 5.69 Å². The quantitative estimate of drug-likeness (QED) is 0.671. The van der Waals surface area contributed by atoms with E-state index in [-0.39, 0.29) is 12.5 Å². The van der Waals surface area contributed by atoms with Crippen LogP contribution in [0.15, 0.2) is 42.6 Å². The zero-order valence-electron chi connectivity index (χ0n) is 14.0. The van der Waals surface area contributed by atoms with Gasteiger partial charge < -0.3 is 15.0 Å². The van der Waals surface area contributed by atoms with E-state index in [2.05, 4.69) is 24.4 Å². The summed E-state index contributed by atoms with van der Waals surface area (Å²) >= 11 is 1.78. The molecular formula is C19H20N2O3S. The van der Waals surface area contributed by atoms with Crippen molar-refractivity contribution in [3.05, 3.63) is 52.3 Å². The average molecular weight is 356 g/mol. The van der Waals surface area contributed by atoms with Gasteiger partial charge in [0.05, 0.1) is 0 Å². The Bertz CT molecular complexity index is 910. The summed E-state index contributed by atoms with van der Waals surface area (Å²) in [5.41, 5.74) is 1.58. The van der Waals surface area contributed by atoms with E-state index in [1.807, 2.05) is 18.2 Å². The van der Waals surface area contributed by atoms with Crippen molar-refractivity contribution < 1.29 is 14.7 Å². The molecule has 130 valence electrons. The number of rotatable bonds is 7. The second-order valence-electron chi connectivity index (χ2n) is 6.03. The standard InChI is InChI=1S/C19H20N2O3S/c1-13-5-7-16(25-13)3-2-4-18(22)20-15-6-8-17-14(11-15)9-10-21(17)12-19(23)24/h5-11H,2-4,12H2,1H3,(H,20,22)(H,23,24). The number of aliphatic carboxylic acids is 1. The average Bonchev–Trinajstić information content (AvgIpc) is 3.13. The summed E-state index contributed by atoms with van der Waals surface area (Å²) in [6.45, 7) is 2.01. The Morgan fingerprint density at radius 3 is 2.76 bits per heavy atom. The fourth-order valence-corrected chi connectivity index (χ4v) is 3.76. The lowest BCUT2D eigenvalue weighted by atomic mass is 10.2. The van der Waals surface area contributed by atoms with Gasteiger partial charge in [-0.2, -0.15) is 0 Å². The minimum absolute atomic E-state index is 0.00223. The number of nitrogens with one attached hydrogen (secondary N) is 1. The van der Waals surface area contributed by atoms with Crippen LogP contribution in [0.1, 0.15) is 22.6 Å². The van der Waals surface area contributed by atoms with Crippen molar-refractivity contribution in [3.8, 4) is 0 Å². The normalized spacial score (nSPS) is 10.9. The van der Waals surface area contributed by atoms with E-state index < -0.39 is 5.97 Å². The smallest absolute Gasteiger partial charge is 0.323 e. The Morgan fingerprint density at radius 1 is 1.20 bits per heavy atom. The van der Waals surface area contributed by atoms with Gasteiger partial charge in [0, 0.05) is 39.0 Å². The van der Waals surface area contributed by atoms with E-state index in [0.29, 0.717) is 6.42 Å². The van der Waals surface area contributed by atoms with Gasteiger partial charge in [-0.15, -0.1) is 11.3 Å². The van der Waals surface area contributed by atoms with E-state index in [9.17, 15) is 9.59 Å². The summed E-state index contributed by atoms with van der Waals surface area (Å²) in [6.07, 6.45) is 3.97. The van der Waals surface area contributed by atoms with Gasteiger partial charge >= 0.3 is 5.97 Å². The number of benzene rings is 1. The topological polar surface area (TPSA) is 71.3 Å². The lowest BCUT2D eigenvalue weighted by Crippen LogP contribution is -2.11. The zero-order chi connectivity index (χ0) is 17.8. The number of aromatic nitrogens is 1. The monoisotopic (exact) mass is 356 g/mol. The minimum Gasteiger partial charge on any atom is -0.480 e. The summed E-state index contributed by atoms with van der Waals surface area (Å²) in [4.78, 5) is 25.6. The Morgan fingerprint density at radius 2 is 2.04 bits per heavy atom. The van der Waals surface area contributed by atoms with Gasteiger partial charge in [0.2, 0.25) is 5.91 Å². The van der Waals surface area contributed by atoms with E-state index >= 15 is 0 Å². The third-order valence-electron chi connectivity index (χ3n) is 3.98. The molecule has 6 heteroatoms. The molecule has 2 aromatic heterocycles. The number of thiophene rings is 1. The number of amides is 1. The van der Waals surface area contributed by atoms with Crippen LogP contribution < -0.4 is 5.32 Å². The molecular weight excluding hydrogens is 336 g/mol. The number of aryl methyl sites for hydroxylation is 2. The number of carboxylic acid groups (broad SMARTS) is 1. The summed E-state index contributed by atoms with van der Waals surface area (Å²) in [5, 5.41) is 12.7. The van der Waals surface area contributed by atoms with Crippen molar-refractivity contribution in [2.24, 2.45) is 0 Å². The number of fused-ring (bicyclic) bond motifs is 1. The first-order valence-corrected chi connectivity index (χ1v) is 8.99. The van der Waals surface area contributed by atoms with Crippen LogP contribution in [-0.2, 0) is 22.6 Å². The van der Waals surface area contributed by atoms with Crippen LogP contribution >= 0.6 is 11.3 Å². The molecule has 1 aromatic carbocycles. The van der Waals surface area contributed by atoms with E-state index in [4.69, 9.17) is 5.11 Å². The molecule has 0 atom stereocenters. The first-order valence-electron chi connectivity index (χ1n) is 8.17. The molecule has 0 bridgehead atoms. The number of hydrogen-bond acceptors (Lipinski definition) is 3. The van der Waals surface area contributed by atoms with Crippen molar-refractivity contribution in [2.75, 3.05) is 5.32 Å². The SMILES string of the molecule is Cc1ccc(CCCC(=O)Nc2ccc3c(ccn3CC(=O)O)c2)s1. The largest absolute Gasteiger partial charge is 0.480 e. The number of carboxylic acids is 1. The molecule has 0 radical (unpaired) electrons. The van der Waals surface area contributed by atoms with Crippen LogP contribution in [-0.4, -0.2) is 21.6 Å². The number of hydrogen-bond donors (Lipinski definition) is 2. The maximum atomic E-state index is 12.1. The zero-order valence-corrected chi connectivity index (χ0v) is 14.8. The summed E-state index contributed by atoms with van der Waals surface area (Å²) < 4.78 is 1.67. The highest BCUT2D eigenvalue weighted by atomic mass is 32.1. The van der Waals surface area contributed by atoms with Crippen LogP contribution in [0.2, 0.25) is 0 Å². The Balaban J connectivity index is 1.56. The first-order chi connectivity index (χ1) is 12.0. The fraction of sp³-hybridized carbons (Fsp3) is 0.263. The van der Waals surface area contributed by atoms with E-state index in [0.717, 1.165) is 29.4 Å². The molecule has 0 fully saturated rings. The Hall–Kier alpha value is -2.60. The Labute approximate surface area is 149 Å². The molecule has 0 saturated heterocycles. The van der Waals surface area contributed by atoms with Gasteiger partial charge in [0.15, 0.2) is 0 Å². The van der Waals surface area contributed by atoms with Gasteiger partial charge in [-0.05, 0) is 56.2 Å². The molecule has 0 aliphatic heterocycles. The molecule has 3 aromatic rings. The molecule has 2 heterocycles. The van der Waals surface area contributed by atoms with Crippen molar-refractivity contribution >= 4 is 39.8 Å². The number of anilines is 1. The maximum absolute atomic E-state index is 12.1. The first kappa shape index (κ1) is 17.2. The van der Waals surface area contributed by atoms with Gasteiger partial charge in [0.25, 0.3) is 0 Å². The highest BCUT2D eigenvalue weighted by molar-refractivity contribution is 7.11. The predicted octanol–water partition coefficient (Wildman–Crippen LogP) is 4.06. The summed E-state index contributed by atoms with van der Waals surface area (Å²) in [5.74, 6) is -0.881. The highest BCUT2D eigenvalue weighted by Crippen LogP contribution is 2.21. The molecule has 0 spiro atoms. The fourth-order valence-electron chi connectivity index (χ4n) is 2.83. The molecule has 2 N–H and O–H groups in total. The number of carbonyl (C=O) groups excluding carboxylic acids is 1. The van der Waals surface area contributed by atoms with Gasteiger partial charge in [-0.25, -0.2) is 0 Å². The molecule has 0 unspecified atom stereocenters. The van der Waals surface area contributed by atoms with Crippen molar-refractivity contribution in [2.45, 2.75) is 32.7 Å². The van der Waals surface area contributed by atoms with Gasteiger partial charge in [0.1, 0.15) is 6.54 Å². The summed E-state index contributed by atoms with van der Waals surface area (Å²) in [6, 6.07) is 11.6. The predicted molar refractivity (Wildman–Crippen MR) is 100 cm³/mol. The Kier molecular flexibility index (Phi) is 5.19. The molecule has 5 nitrogen and oxygen atoms in total. The van der Waals surface area contributed by atoms with Gasteiger partial charge in [-0.1, -0.05) is 0 Å². The van der Waals surface area contributed by atoms with E-state index in [1.54, 1.807) is 28.2 Å². The lowest BCUT2D eigenvalue weighted by molar-refractivity contribution is -0.137. The minimum atomic E-state index is -0.879. The van der Waals surface area contributed by atoms with Crippen LogP contribution in [0, 0.1) is 6.92 Å². The van der Waals surface area contributed by atoms with Crippen LogP contribution in [0.25, 0.3) is 10.9 Å². The lowest BCUT2D eigenvalue weighted by Gasteiger charge is -2.06.